The van der Waals surface area contributed by atoms with Crippen molar-refractivity contribution < 1.29 is 66.3 Å². The summed E-state index contributed by atoms with van der Waals surface area (Å²) in [6.07, 6.45) is 0.368. The fourth-order valence-electron chi connectivity index (χ4n) is 2.58. The molecule has 0 aliphatic carbocycles. The van der Waals surface area contributed by atoms with Gasteiger partial charge >= 0.3 is 25.9 Å². The number of carbonyl (C=O) groups excluding carboxylic acids is 3. The van der Waals surface area contributed by atoms with Gasteiger partial charge < -0.3 is 43.8 Å². The van der Waals surface area contributed by atoms with E-state index in [-0.39, 0.29) is 18.8 Å². The van der Waals surface area contributed by atoms with Crippen LogP contribution in [0.2, 0.25) is 0 Å². The van der Waals surface area contributed by atoms with Crippen LogP contribution < -0.4 is 5.73 Å². The highest BCUT2D eigenvalue weighted by atomic mass is 31.2. The van der Waals surface area contributed by atoms with Gasteiger partial charge in [-0.1, -0.05) is 0 Å². The second-order valence-corrected chi connectivity index (χ2v) is 10.5. The molecule has 0 saturated carbocycles. The van der Waals surface area contributed by atoms with Crippen LogP contribution in [0.1, 0.15) is 34.6 Å². The van der Waals surface area contributed by atoms with Crippen LogP contribution in [0.4, 0.5) is 15.4 Å². The van der Waals surface area contributed by atoms with E-state index < -0.39 is 64.1 Å². The molecule has 3 N–H and O–H groups in total. The lowest BCUT2D eigenvalue weighted by Gasteiger charge is -2.21. The fourth-order valence-corrected chi connectivity index (χ4v) is 3.67. The normalized spacial score (nSPS) is 12.0. The highest BCUT2D eigenvalue weighted by molar-refractivity contribution is 7.53. The number of nitrogens with two attached hydrogens (primary N) is 1. The number of hydrogen-bond acceptors (Lipinski definition) is 17. The Morgan fingerprint density at radius 2 is 1.58 bits per heavy atom. The van der Waals surface area contributed by atoms with Gasteiger partial charge in [0.05, 0.1) is 37.3 Å². The first-order valence-electron chi connectivity index (χ1n) is 12.3. The molecule has 2 aromatic rings. The molecule has 0 radical (unpaired) electrons. The highest BCUT2D eigenvalue weighted by Crippen LogP contribution is 2.48. The third-order valence-corrected chi connectivity index (χ3v) is 5.72. The van der Waals surface area contributed by atoms with E-state index in [4.69, 9.17) is 43.6 Å². The molecule has 0 unspecified atom stereocenters. The number of aliphatic carboxylic acids is 1. The SMILES string of the molecule is CC(C)OC(=O)OCOP(=O)(CO[C@H](C)Cn1cnc2c(N)ncnc21)OCOC(=O)OC(C)C.O=CO/C=C/C(=O)O. The van der Waals surface area contributed by atoms with Crippen molar-refractivity contribution in [1.82, 2.24) is 19.5 Å². The van der Waals surface area contributed by atoms with E-state index in [2.05, 4.69) is 19.7 Å². The largest absolute Gasteiger partial charge is 0.510 e. The fraction of sp³-hybridized carbons (Fsp3) is 0.522. The minimum absolute atomic E-state index is 0.138. The minimum Gasteiger partial charge on any atom is -0.478 e. The van der Waals surface area contributed by atoms with Crippen molar-refractivity contribution in [1.29, 1.82) is 0 Å². The Morgan fingerprint density at radius 3 is 2.09 bits per heavy atom. The molecular formula is C23H34N5O14P. The van der Waals surface area contributed by atoms with E-state index in [0.717, 1.165) is 6.26 Å². The van der Waals surface area contributed by atoms with Gasteiger partial charge in [-0.15, -0.1) is 0 Å². The average Bonchev–Trinajstić information content (AvgIpc) is 3.31. The monoisotopic (exact) mass is 635 g/mol. The zero-order valence-corrected chi connectivity index (χ0v) is 24.9. The van der Waals surface area contributed by atoms with Crippen LogP contribution in [0, 0.1) is 0 Å². The number of ether oxygens (including phenoxy) is 6. The summed E-state index contributed by atoms with van der Waals surface area (Å²) in [7, 11) is -4.06. The second kappa shape index (κ2) is 19.0. The van der Waals surface area contributed by atoms with Crippen LogP contribution in [0.25, 0.3) is 11.2 Å². The molecule has 2 heterocycles. The summed E-state index contributed by atoms with van der Waals surface area (Å²) < 4.78 is 53.6. The quantitative estimate of drug-likeness (QED) is 0.0511. The molecule has 20 heteroatoms. The Morgan fingerprint density at radius 1 is 1.00 bits per heavy atom. The smallest absolute Gasteiger partial charge is 0.478 e. The van der Waals surface area contributed by atoms with Gasteiger partial charge in [0, 0.05) is 0 Å². The maximum atomic E-state index is 13.1. The summed E-state index contributed by atoms with van der Waals surface area (Å²) in [6, 6.07) is 0. The van der Waals surface area contributed by atoms with Crippen LogP contribution in [0.3, 0.4) is 0 Å². The Balaban J connectivity index is 0.00000101. The lowest BCUT2D eigenvalue weighted by atomic mass is 10.4. The van der Waals surface area contributed by atoms with E-state index in [0.29, 0.717) is 17.2 Å². The number of carboxylic acids is 1. The molecule has 0 spiro atoms. The molecule has 0 saturated heterocycles. The first-order chi connectivity index (χ1) is 20.3. The molecule has 240 valence electrons. The van der Waals surface area contributed by atoms with Crippen LogP contribution in [-0.2, 0) is 58.2 Å². The van der Waals surface area contributed by atoms with Crippen LogP contribution >= 0.6 is 7.60 Å². The highest BCUT2D eigenvalue weighted by Gasteiger charge is 2.29. The van der Waals surface area contributed by atoms with Crippen LogP contribution in [0.5, 0.6) is 0 Å². The summed E-state index contributed by atoms with van der Waals surface area (Å²) in [4.78, 5) is 54.1. The molecule has 2 rings (SSSR count). The van der Waals surface area contributed by atoms with Gasteiger partial charge in [0.2, 0.25) is 13.6 Å². The van der Waals surface area contributed by atoms with Gasteiger partial charge in [-0.3, -0.25) is 18.4 Å². The van der Waals surface area contributed by atoms with Crippen molar-refractivity contribution in [2.45, 2.75) is 59.5 Å². The number of aromatic nitrogens is 4. The standard InChI is InChI=1S/C19H30N5O10P.C4H4O4/c1-12(2)33-18(25)28-9-31-35(27,32-10-29-19(26)34-13(3)4)11-30-14(5)6-24-8-23-15-16(20)21-7-22-17(15)24;5-3-8-2-1-4(6)7/h7-8,12-14H,6,9-11H2,1-5H3,(H2,20,21,22);1-3H,(H,6,7)/b;2-1+/t14-;/m1./s1. The van der Waals surface area contributed by atoms with Gasteiger partial charge in [-0.05, 0) is 34.6 Å². The van der Waals surface area contributed by atoms with Crippen molar-refractivity contribution in [3.05, 3.63) is 25.0 Å². The van der Waals surface area contributed by atoms with Crippen LogP contribution in [0.15, 0.2) is 25.0 Å². The maximum Gasteiger partial charge on any atom is 0.510 e. The second-order valence-electron chi connectivity index (χ2n) is 8.53. The predicted molar refractivity (Wildman–Crippen MR) is 144 cm³/mol. The topological polar surface area (TPSA) is 249 Å². The number of rotatable bonds is 16. The van der Waals surface area contributed by atoms with E-state index in [1.165, 1.54) is 12.7 Å². The molecule has 0 aliphatic rings. The zero-order valence-electron chi connectivity index (χ0n) is 24.0. The lowest BCUT2D eigenvalue weighted by molar-refractivity contribution is -0.131. The van der Waals surface area contributed by atoms with Gasteiger partial charge in [-0.2, -0.15) is 0 Å². The number of imidazole rings is 1. The number of carbonyl (C=O) groups is 4. The van der Waals surface area contributed by atoms with Gasteiger partial charge in [-0.25, -0.2) is 29.3 Å². The summed E-state index contributed by atoms with van der Waals surface area (Å²) in [5.74, 6) is -0.910. The molecule has 43 heavy (non-hydrogen) atoms. The number of carboxylic acid groups (broad SMARTS) is 1. The molecule has 0 bridgehead atoms. The van der Waals surface area contributed by atoms with E-state index in [9.17, 15) is 23.7 Å². The van der Waals surface area contributed by atoms with Crippen molar-refractivity contribution in [2.24, 2.45) is 0 Å². The molecule has 19 nitrogen and oxygen atoms in total. The number of hydrogen-bond donors (Lipinski definition) is 2. The van der Waals surface area contributed by atoms with Crippen LogP contribution in [-0.4, -0.2) is 87.6 Å². The summed E-state index contributed by atoms with van der Waals surface area (Å²) in [5.41, 5.74) is 6.72. The van der Waals surface area contributed by atoms with E-state index in [1.807, 2.05) is 0 Å². The summed E-state index contributed by atoms with van der Waals surface area (Å²) in [6.45, 7) is 7.12. The Bertz CT molecular complexity index is 1240. The molecular weight excluding hydrogens is 601 g/mol. The first-order valence-corrected chi connectivity index (χ1v) is 14.1. The average molecular weight is 636 g/mol. The van der Waals surface area contributed by atoms with E-state index in [1.54, 1.807) is 39.2 Å². The minimum atomic E-state index is -4.06. The molecule has 2 aromatic heterocycles. The molecule has 0 amide bonds. The molecule has 0 fully saturated rings. The molecule has 0 aromatic carbocycles. The molecule has 0 aliphatic heterocycles. The Hall–Kier alpha value is -4.32. The summed E-state index contributed by atoms with van der Waals surface area (Å²) >= 11 is 0. The Kier molecular flexibility index (Phi) is 16.2. The third kappa shape index (κ3) is 15.5. The Labute approximate surface area is 245 Å². The lowest BCUT2D eigenvalue weighted by Crippen LogP contribution is -2.20. The maximum absolute atomic E-state index is 13.1. The predicted octanol–water partition coefficient (Wildman–Crippen LogP) is 2.79. The van der Waals surface area contributed by atoms with Crippen molar-refractivity contribution in [3.8, 4) is 0 Å². The third-order valence-electron chi connectivity index (χ3n) is 4.26. The first kappa shape index (κ1) is 36.7. The van der Waals surface area contributed by atoms with Gasteiger partial charge in [0.15, 0.2) is 11.5 Å². The zero-order chi connectivity index (χ0) is 32.4. The summed E-state index contributed by atoms with van der Waals surface area (Å²) in [5, 5.41) is 7.86. The molecule has 1 atom stereocenters. The van der Waals surface area contributed by atoms with Gasteiger partial charge in [0.1, 0.15) is 24.5 Å². The van der Waals surface area contributed by atoms with Gasteiger partial charge in [0.25, 0.3) is 6.47 Å². The van der Waals surface area contributed by atoms with E-state index >= 15 is 0 Å². The number of fused-ring (bicyclic) bond motifs is 1. The number of nitrogen functional groups attached to an aromatic ring is 1. The number of anilines is 1. The van der Waals surface area contributed by atoms with Crippen molar-refractivity contribution in [3.63, 3.8) is 0 Å². The number of nitrogens with zero attached hydrogens (tertiary/aromatic N) is 4. The van der Waals surface area contributed by atoms with Crippen molar-refractivity contribution in [2.75, 3.05) is 25.7 Å². The van der Waals surface area contributed by atoms with Crippen molar-refractivity contribution >= 4 is 49.3 Å².